The number of nitrogens with zero attached hydrogens (tertiary/aromatic N) is 3. The fraction of sp³-hybridized carbons (Fsp3) is 0.292. The lowest BCUT2D eigenvalue weighted by molar-refractivity contribution is 0.0990. The van der Waals surface area contributed by atoms with Crippen LogP contribution in [0.1, 0.15) is 32.0 Å². The Bertz CT molecular complexity index is 1190. The molecule has 1 saturated heterocycles. The zero-order valence-corrected chi connectivity index (χ0v) is 18.6. The van der Waals surface area contributed by atoms with Crippen molar-refractivity contribution >= 4 is 39.8 Å². The molecule has 1 fully saturated rings. The third-order valence-corrected chi connectivity index (χ3v) is 5.93. The molecule has 0 atom stereocenters. The minimum atomic E-state index is -0.652. The van der Waals surface area contributed by atoms with Gasteiger partial charge in [-0.1, -0.05) is 6.07 Å². The topological polar surface area (TPSA) is 118 Å². The number of amides is 2. The van der Waals surface area contributed by atoms with Crippen molar-refractivity contribution in [1.29, 1.82) is 0 Å². The second-order valence-electron chi connectivity index (χ2n) is 8.39. The molecule has 2 aromatic carbocycles. The Morgan fingerprint density at radius 1 is 0.938 bits per heavy atom. The molecule has 0 radical (unpaired) electrons. The summed E-state index contributed by atoms with van der Waals surface area (Å²) in [7, 11) is 2.15. The van der Waals surface area contributed by atoms with Crippen molar-refractivity contribution in [3.8, 4) is 0 Å². The van der Waals surface area contributed by atoms with E-state index in [1.807, 2.05) is 6.07 Å². The van der Waals surface area contributed by atoms with Gasteiger partial charge in [-0.25, -0.2) is 4.98 Å². The molecule has 1 aliphatic heterocycles. The number of primary amides is 2. The van der Waals surface area contributed by atoms with Gasteiger partial charge in [0.25, 0.3) is 5.91 Å². The van der Waals surface area contributed by atoms with E-state index in [-0.39, 0.29) is 5.69 Å². The average Bonchev–Trinajstić information content (AvgIpc) is 2.73. The number of fused-ring (bicyclic) bond motifs is 1. The summed E-state index contributed by atoms with van der Waals surface area (Å²) in [6.45, 7) is 8.29. The van der Waals surface area contributed by atoms with E-state index in [0.29, 0.717) is 16.8 Å². The van der Waals surface area contributed by atoms with Crippen LogP contribution in [0.4, 0.5) is 17.1 Å². The third kappa shape index (κ3) is 4.22. The van der Waals surface area contributed by atoms with Gasteiger partial charge in [-0.3, -0.25) is 9.59 Å². The molecule has 4 rings (SSSR count). The Morgan fingerprint density at radius 3 is 2.19 bits per heavy atom. The van der Waals surface area contributed by atoms with Gasteiger partial charge in [0.15, 0.2) is 5.69 Å². The number of benzene rings is 2. The van der Waals surface area contributed by atoms with Crippen LogP contribution in [0.5, 0.6) is 0 Å². The van der Waals surface area contributed by atoms with Crippen molar-refractivity contribution in [3.63, 3.8) is 0 Å². The summed E-state index contributed by atoms with van der Waals surface area (Å²) >= 11 is 0. The minimum absolute atomic E-state index is 0.109. The molecule has 8 nitrogen and oxygen atoms in total. The molecule has 0 unspecified atom stereocenters. The maximum Gasteiger partial charge on any atom is 0.269 e. The number of hydrogen-bond acceptors (Lipinski definition) is 6. The fourth-order valence-corrected chi connectivity index (χ4v) is 4.32. The highest BCUT2D eigenvalue weighted by Crippen LogP contribution is 2.32. The van der Waals surface area contributed by atoms with Crippen LogP contribution in [0.3, 0.4) is 0 Å². The highest BCUT2D eigenvalue weighted by molar-refractivity contribution is 6.02. The molecule has 0 spiro atoms. The molecule has 8 heteroatoms. The molecular formula is C24H28N6O2. The zero-order chi connectivity index (χ0) is 23.0. The predicted octanol–water partition coefficient (Wildman–Crippen LogP) is 2.54. The van der Waals surface area contributed by atoms with Crippen molar-refractivity contribution in [3.05, 3.63) is 58.8 Å². The zero-order valence-electron chi connectivity index (χ0n) is 18.6. The van der Waals surface area contributed by atoms with Gasteiger partial charge in [0.05, 0.1) is 11.2 Å². The SMILES string of the molecule is Cc1cc(Nc2cc3ccc(C(N)=O)cc3nc2C(N)=O)cc(C)c1N1CCN(C)CC1. The first-order chi connectivity index (χ1) is 15.2. The standard InChI is InChI=1S/C24H28N6O2/c1-14-10-18(11-15(2)22(14)30-8-6-29(3)7-9-30)27-20-12-16-4-5-17(23(25)31)13-19(16)28-21(20)24(26)32/h4-5,10-13,27H,6-9H2,1-3H3,(H2,25,31)(H2,26,32). The quantitative estimate of drug-likeness (QED) is 0.570. The second-order valence-corrected chi connectivity index (χ2v) is 8.39. The van der Waals surface area contributed by atoms with Gasteiger partial charge in [0.2, 0.25) is 5.91 Å². The molecule has 2 amide bonds. The smallest absolute Gasteiger partial charge is 0.269 e. The lowest BCUT2D eigenvalue weighted by atomic mass is 10.0. The van der Waals surface area contributed by atoms with Crippen LogP contribution >= 0.6 is 0 Å². The third-order valence-electron chi connectivity index (χ3n) is 5.93. The van der Waals surface area contributed by atoms with Crippen LogP contribution in [0.25, 0.3) is 10.9 Å². The summed E-state index contributed by atoms with van der Waals surface area (Å²) < 4.78 is 0. The molecule has 2 heterocycles. The van der Waals surface area contributed by atoms with Crippen molar-refractivity contribution in [2.24, 2.45) is 11.5 Å². The van der Waals surface area contributed by atoms with E-state index in [1.165, 1.54) is 5.69 Å². The highest BCUT2D eigenvalue weighted by Gasteiger charge is 2.19. The fourth-order valence-electron chi connectivity index (χ4n) is 4.32. The van der Waals surface area contributed by atoms with E-state index in [2.05, 4.69) is 53.1 Å². The minimum Gasteiger partial charge on any atom is -0.369 e. The summed E-state index contributed by atoms with van der Waals surface area (Å²) in [6.07, 6.45) is 0. The monoisotopic (exact) mass is 432 g/mol. The van der Waals surface area contributed by atoms with Crippen molar-refractivity contribution in [2.45, 2.75) is 13.8 Å². The van der Waals surface area contributed by atoms with Gasteiger partial charge in [0, 0.05) is 48.5 Å². The molecular weight excluding hydrogens is 404 g/mol. The van der Waals surface area contributed by atoms with Gasteiger partial charge >= 0.3 is 0 Å². The summed E-state index contributed by atoms with van der Waals surface area (Å²) in [5.41, 5.74) is 16.8. The number of carbonyl (C=O) groups is 2. The first kappa shape index (κ1) is 21.6. The van der Waals surface area contributed by atoms with E-state index < -0.39 is 11.8 Å². The molecule has 3 aromatic rings. The maximum absolute atomic E-state index is 12.1. The number of likely N-dealkylation sites (N-methyl/N-ethyl adjacent to an activating group) is 1. The van der Waals surface area contributed by atoms with Gasteiger partial charge in [0.1, 0.15) is 0 Å². The van der Waals surface area contributed by atoms with Crippen LogP contribution in [-0.4, -0.2) is 54.9 Å². The van der Waals surface area contributed by atoms with Crippen LogP contribution in [0.2, 0.25) is 0 Å². The van der Waals surface area contributed by atoms with Crippen LogP contribution in [-0.2, 0) is 0 Å². The van der Waals surface area contributed by atoms with E-state index in [0.717, 1.165) is 48.4 Å². The Kier molecular flexibility index (Phi) is 5.71. The Morgan fingerprint density at radius 2 is 1.59 bits per heavy atom. The number of hydrogen-bond donors (Lipinski definition) is 3. The lowest BCUT2D eigenvalue weighted by Crippen LogP contribution is -2.45. The summed E-state index contributed by atoms with van der Waals surface area (Å²) in [5.74, 6) is -1.20. The van der Waals surface area contributed by atoms with E-state index in [4.69, 9.17) is 11.5 Å². The highest BCUT2D eigenvalue weighted by atomic mass is 16.1. The summed E-state index contributed by atoms with van der Waals surface area (Å²) in [4.78, 5) is 32.8. The van der Waals surface area contributed by atoms with Crippen molar-refractivity contribution < 1.29 is 9.59 Å². The van der Waals surface area contributed by atoms with Crippen LogP contribution in [0.15, 0.2) is 36.4 Å². The number of pyridine rings is 1. The molecule has 0 saturated carbocycles. The number of aromatic nitrogens is 1. The van der Waals surface area contributed by atoms with Gasteiger partial charge in [-0.15, -0.1) is 0 Å². The van der Waals surface area contributed by atoms with Crippen LogP contribution < -0.4 is 21.7 Å². The predicted molar refractivity (Wildman–Crippen MR) is 128 cm³/mol. The van der Waals surface area contributed by atoms with Gasteiger partial charge < -0.3 is 26.6 Å². The first-order valence-electron chi connectivity index (χ1n) is 10.6. The van der Waals surface area contributed by atoms with E-state index in [9.17, 15) is 9.59 Å². The molecule has 1 aliphatic rings. The first-order valence-corrected chi connectivity index (χ1v) is 10.6. The normalized spacial score (nSPS) is 14.5. The van der Waals surface area contributed by atoms with Gasteiger partial charge in [-0.2, -0.15) is 0 Å². The summed E-state index contributed by atoms with van der Waals surface area (Å²) in [6, 6.07) is 10.9. The summed E-state index contributed by atoms with van der Waals surface area (Å²) in [5, 5.41) is 4.09. The lowest BCUT2D eigenvalue weighted by Gasteiger charge is -2.36. The van der Waals surface area contributed by atoms with Crippen molar-refractivity contribution in [2.75, 3.05) is 43.4 Å². The molecule has 32 heavy (non-hydrogen) atoms. The van der Waals surface area contributed by atoms with E-state index >= 15 is 0 Å². The number of piperazine rings is 1. The Labute approximate surface area is 187 Å². The van der Waals surface area contributed by atoms with Crippen molar-refractivity contribution in [1.82, 2.24) is 9.88 Å². The molecule has 166 valence electrons. The molecule has 0 bridgehead atoms. The number of carbonyl (C=O) groups excluding carboxylic acids is 2. The number of nitrogens with two attached hydrogens (primary N) is 2. The Balaban J connectivity index is 1.69. The average molecular weight is 433 g/mol. The number of nitrogens with one attached hydrogen (secondary N) is 1. The Hall–Kier alpha value is -3.65. The number of rotatable bonds is 5. The number of anilines is 3. The van der Waals surface area contributed by atoms with Gasteiger partial charge in [-0.05, 0) is 62.4 Å². The molecule has 0 aliphatic carbocycles. The largest absolute Gasteiger partial charge is 0.369 e. The molecule has 1 aromatic heterocycles. The second kappa shape index (κ2) is 8.47. The van der Waals surface area contributed by atoms with E-state index in [1.54, 1.807) is 18.2 Å². The van der Waals surface area contributed by atoms with Crippen LogP contribution in [0, 0.1) is 13.8 Å². The molecule has 5 N–H and O–H groups in total. The maximum atomic E-state index is 12.1. The number of aryl methyl sites for hydroxylation is 2.